The fourth-order valence-corrected chi connectivity index (χ4v) is 6.50. The van der Waals surface area contributed by atoms with Gasteiger partial charge in [-0.15, -0.1) is 0 Å². The normalized spacial score (nSPS) is 14.6. The van der Waals surface area contributed by atoms with Gasteiger partial charge in [-0.2, -0.15) is 9.29 Å². The van der Waals surface area contributed by atoms with Crippen LogP contribution in [0.5, 0.6) is 0 Å². The van der Waals surface area contributed by atoms with Crippen LogP contribution in [0.25, 0.3) is 10.9 Å². The van der Waals surface area contributed by atoms with Gasteiger partial charge in [-0.05, 0) is 85.1 Å². The van der Waals surface area contributed by atoms with Gasteiger partial charge in [-0.3, -0.25) is 4.98 Å². The van der Waals surface area contributed by atoms with Crippen LogP contribution in [-0.2, 0) is 16.6 Å². The molecule has 0 atom stereocenters. The molecule has 9 nitrogen and oxygen atoms in total. The van der Waals surface area contributed by atoms with Crippen molar-refractivity contribution in [2.45, 2.75) is 30.3 Å². The molecular formula is C31H30FN7O2S. The van der Waals surface area contributed by atoms with Gasteiger partial charge in [0, 0.05) is 54.8 Å². The van der Waals surface area contributed by atoms with E-state index in [9.17, 15) is 12.8 Å². The Hall–Kier alpha value is -4.45. The minimum atomic E-state index is -3.61. The average Bonchev–Trinajstić information content (AvgIpc) is 3.02. The molecule has 0 saturated carbocycles. The van der Waals surface area contributed by atoms with Crippen molar-refractivity contribution in [2.24, 2.45) is 0 Å². The van der Waals surface area contributed by atoms with Crippen LogP contribution >= 0.6 is 0 Å². The highest BCUT2D eigenvalue weighted by Crippen LogP contribution is 2.24. The number of halogens is 1. The van der Waals surface area contributed by atoms with Gasteiger partial charge in [-0.25, -0.2) is 17.8 Å². The summed E-state index contributed by atoms with van der Waals surface area (Å²) in [5, 5.41) is 10.9. The van der Waals surface area contributed by atoms with E-state index in [0.29, 0.717) is 42.8 Å². The highest BCUT2D eigenvalue weighted by molar-refractivity contribution is 7.89. The molecule has 0 bridgehead atoms. The van der Waals surface area contributed by atoms with Crippen LogP contribution in [-0.4, -0.2) is 46.8 Å². The van der Waals surface area contributed by atoms with Crippen molar-refractivity contribution in [1.82, 2.24) is 24.6 Å². The highest BCUT2D eigenvalue weighted by Gasteiger charge is 2.29. The third-order valence-corrected chi connectivity index (χ3v) is 9.20. The topological polar surface area (TPSA) is 112 Å². The number of fused-ring (bicyclic) bond motifs is 1. The van der Waals surface area contributed by atoms with E-state index in [-0.39, 0.29) is 16.8 Å². The summed E-state index contributed by atoms with van der Waals surface area (Å²) in [6.07, 6.45) is 4.87. The third kappa shape index (κ3) is 6.38. The molecular weight excluding hydrogens is 553 g/mol. The summed E-state index contributed by atoms with van der Waals surface area (Å²) in [4.78, 5) is 13.3. The van der Waals surface area contributed by atoms with Gasteiger partial charge in [-0.1, -0.05) is 18.2 Å². The molecule has 11 heteroatoms. The molecule has 0 amide bonds. The molecule has 42 heavy (non-hydrogen) atoms. The number of piperidine rings is 1. The second-order valence-electron chi connectivity index (χ2n) is 10.1. The molecule has 0 aliphatic carbocycles. The standard InChI is InChI=1S/C31H30FN7O2S/c32-23-6-8-25(9-7-23)36-30-14-18-34-31(38-30)37-26-10-12-27(13-11-26)42(40,41)39-19-15-24(16-20-39)35-21-22-3-1-5-29-28(22)4-2-17-33-29/h1-14,17-18,24,35H,15-16,19-21H2,(H2,34,36,37,38). The van der Waals surface area contributed by atoms with Crippen molar-refractivity contribution in [3.63, 3.8) is 0 Å². The van der Waals surface area contributed by atoms with Crippen molar-refractivity contribution in [3.8, 4) is 0 Å². The van der Waals surface area contributed by atoms with E-state index in [1.807, 2.05) is 18.2 Å². The maximum atomic E-state index is 13.4. The number of sulfonamides is 1. The Bertz CT molecular complexity index is 1770. The van der Waals surface area contributed by atoms with Gasteiger partial charge in [0.2, 0.25) is 16.0 Å². The number of rotatable bonds is 9. The first-order chi connectivity index (χ1) is 20.4. The Morgan fingerprint density at radius 2 is 1.55 bits per heavy atom. The fourth-order valence-electron chi connectivity index (χ4n) is 5.03. The molecule has 214 valence electrons. The van der Waals surface area contributed by atoms with Crippen molar-refractivity contribution in [2.75, 3.05) is 23.7 Å². The molecule has 0 spiro atoms. The van der Waals surface area contributed by atoms with E-state index < -0.39 is 10.0 Å². The summed E-state index contributed by atoms with van der Waals surface area (Å²) in [5.41, 5.74) is 3.50. The summed E-state index contributed by atoms with van der Waals surface area (Å²) in [6.45, 7) is 1.63. The van der Waals surface area contributed by atoms with Crippen LogP contribution in [0.4, 0.5) is 27.5 Å². The molecule has 3 heterocycles. The summed E-state index contributed by atoms with van der Waals surface area (Å²) in [7, 11) is -3.61. The first-order valence-electron chi connectivity index (χ1n) is 13.7. The minimum absolute atomic E-state index is 0.239. The number of pyridine rings is 1. The lowest BCUT2D eigenvalue weighted by molar-refractivity contribution is 0.289. The second kappa shape index (κ2) is 12.2. The van der Waals surface area contributed by atoms with Crippen LogP contribution in [0, 0.1) is 5.82 Å². The van der Waals surface area contributed by atoms with Crippen LogP contribution in [0.1, 0.15) is 18.4 Å². The van der Waals surface area contributed by atoms with Gasteiger partial charge in [0.05, 0.1) is 10.4 Å². The molecule has 6 rings (SSSR count). The summed E-state index contributed by atoms with van der Waals surface area (Å²) < 4.78 is 41.4. The number of benzene rings is 3. The van der Waals surface area contributed by atoms with Gasteiger partial charge in [0.15, 0.2) is 0 Å². The molecule has 0 radical (unpaired) electrons. The van der Waals surface area contributed by atoms with Crippen LogP contribution in [0.2, 0.25) is 0 Å². The number of nitrogens with one attached hydrogen (secondary N) is 3. The minimum Gasteiger partial charge on any atom is -0.340 e. The highest BCUT2D eigenvalue weighted by atomic mass is 32.2. The number of hydrogen-bond donors (Lipinski definition) is 3. The predicted octanol–water partition coefficient (Wildman–Crippen LogP) is 5.59. The van der Waals surface area contributed by atoms with Crippen LogP contribution in [0.3, 0.4) is 0 Å². The maximum Gasteiger partial charge on any atom is 0.243 e. The Morgan fingerprint density at radius 3 is 2.33 bits per heavy atom. The van der Waals surface area contributed by atoms with Crippen molar-refractivity contribution < 1.29 is 12.8 Å². The van der Waals surface area contributed by atoms with Crippen LogP contribution < -0.4 is 16.0 Å². The Kier molecular flexibility index (Phi) is 8.04. The van der Waals surface area contributed by atoms with Crippen molar-refractivity contribution in [3.05, 3.63) is 109 Å². The quantitative estimate of drug-likeness (QED) is 0.206. The lowest BCUT2D eigenvalue weighted by Crippen LogP contribution is -2.44. The second-order valence-corrected chi connectivity index (χ2v) is 12.0. The lowest BCUT2D eigenvalue weighted by atomic mass is 10.0. The lowest BCUT2D eigenvalue weighted by Gasteiger charge is -2.32. The van der Waals surface area contributed by atoms with E-state index >= 15 is 0 Å². The summed E-state index contributed by atoms with van der Waals surface area (Å²) >= 11 is 0. The first kappa shape index (κ1) is 27.7. The number of nitrogens with zero attached hydrogens (tertiary/aromatic N) is 4. The van der Waals surface area contributed by atoms with E-state index in [1.165, 1.54) is 17.7 Å². The first-order valence-corrected chi connectivity index (χ1v) is 15.2. The fraction of sp³-hybridized carbons (Fsp3) is 0.194. The molecule has 1 aliphatic heterocycles. The monoisotopic (exact) mass is 583 g/mol. The zero-order valence-electron chi connectivity index (χ0n) is 22.7. The van der Waals surface area contributed by atoms with Gasteiger partial charge < -0.3 is 16.0 Å². The molecule has 1 aliphatic rings. The Labute approximate surface area is 243 Å². The largest absolute Gasteiger partial charge is 0.340 e. The molecule has 2 aromatic heterocycles. The van der Waals surface area contributed by atoms with Gasteiger partial charge >= 0.3 is 0 Å². The molecule has 1 fully saturated rings. The van der Waals surface area contributed by atoms with E-state index in [2.05, 4.69) is 43.0 Å². The van der Waals surface area contributed by atoms with E-state index in [4.69, 9.17) is 0 Å². The average molecular weight is 584 g/mol. The number of aromatic nitrogens is 3. The summed E-state index contributed by atoms with van der Waals surface area (Å²) in [5.74, 6) is 0.556. The van der Waals surface area contributed by atoms with Gasteiger partial charge in [0.1, 0.15) is 11.6 Å². The molecule has 3 aromatic carbocycles. The molecule has 1 saturated heterocycles. The molecule has 5 aromatic rings. The molecule has 3 N–H and O–H groups in total. The van der Waals surface area contributed by atoms with Crippen molar-refractivity contribution >= 4 is 44.1 Å². The van der Waals surface area contributed by atoms with Crippen molar-refractivity contribution in [1.29, 1.82) is 0 Å². The predicted molar refractivity (Wildman–Crippen MR) is 162 cm³/mol. The number of anilines is 4. The van der Waals surface area contributed by atoms with E-state index in [0.717, 1.165) is 23.7 Å². The third-order valence-electron chi connectivity index (χ3n) is 7.29. The molecule has 0 unspecified atom stereocenters. The smallest absolute Gasteiger partial charge is 0.243 e. The number of hydrogen-bond acceptors (Lipinski definition) is 8. The van der Waals surface area contributed by atoms with Crippen LogP contribution in [0.15, 0.2) is 102 Å². The zero-order chi connectivity index (χ0) is 28.9. The Balaban J connectivity index is 1.03. The summed E-state index contributed by atoms with van der Waals surface area (Å²) in [6, 6.07) is 24.6. The van der Waals surface area contributed by atoms with E-state index in [1.54, 1.807) is 59.2 Å². The SMILES string of the molecule is O=S(=O)(c1ccc(Nc2nccc(Nc3ccc(F)cc3)n2)cc1)N1CCC(NCc2cccc3ncccc23)CC1. The Morgan fingerprint density at radius 1 is 0.810 bits per heavy atom. The maximum absolute atomic E-state index is 13.4. The zero-order valence-corrected chi connectivity index (χ0v) is 23.6. The van der Waals surface area contributed by atoms with Gasteiger partial charge in [0.25, 0.3) is 0 Å².